The van der Waals surface area contributed by atoms with Crippen molar-refractivity contribution in [2.24, 2.45) is 23.7 Å². The van der Waals surface area contributed by atoms with Gasteiger partial charge in [-0.15, -0.1) is 0 Å². The summed E-state index contributed by atoms with van der Waals surface area (Å²) in [6, 6.07) is 11.8. The molecular weight excluding hydrogens is 359 g/mol. The van der Waals surface area contributed by atoms with Crippen molar-refractivity contribution in [3.63, 3.8) is 0 Å². The van der Waals surface area contributed by atoms with Crippen molar-refractivity contribution in [1.29, 1.82) is 10.5 Å². The van der Waals surface area contributed by atoms with Gasteiger partial charge in [-0.1, -0.05) is 37.8 Å². The predicted octanol–water partition coefficient (Wildman–Crippen LogP) is 7.26. The fourth-order valence-electron chi connectivity index (χ4n) is 5.48. The zero-order valence-electron chi connectivity index (χ0n) is 17.5. The highest BCUT2D eigenvalue weighted by Gasteiger charge is 2.30. The van der Waals surface area contributed by atoms with E-state index in [1.54, 1.807) is 12.1 Å². The number of allylic oxidation sites excluding steroid dienone is 2. The zero-order chi connectivity index (χ0) is 20.5. The summed E-state index contributed by atoms with van der Waals surface area (Å²) in [5.41, 5.74) is 2.08. The zero-order valence-corrected chi connectivity index (χ0v) is 17.5. The first-order chi connectivity index (χ1) is 14.2. The molecule has 29 heavy (non-hydrogen) atoms. The maximum absolute atomic E-state index is 13.2. The van der Waals surface area contributed by atoms with Crippen molar-refractivity contribution in [3.05, 3.63) is 47.3 Å². The molecule has 0 aromatic heterocycles. The smallest absolute Gasteiger partial charge is 0.195 e. The molecule has 0 aliphatic heterocycles. The molecule has 2 fully saturated rings. The van der Waals surface area contributed by atoms with Gasteiger partial charge in [-0.3, -0.25) is 0 Å². The normalized spacial score (nSPS) is 27.8. The fourth-order valence-corrected chi connectivity index (χ4v) is 5.48. The molecule has 0 spiro atoms. The average Bonchev–Trinajstić information content (AvgIpc) is 2.78. The number of halogens is 1. The maximum Gasteiger partial charge on any atom is 0.196 e. The maximum atomic E-state index is 13.2. The molecule has 0 unspecified atom stereocenters. The first-order valence-electron chi connectivity index (χ1n) is 11.4. The van der Waals surface area contributed by atoms with E-state index in [2.05, 4.69) is 18.2 Å². The standard InChI is InChI=1S/C26H33FN2/c27-26(19-29)17-22-11-15-25(16-12-22)24-13-9-21(10-14-24)4-2-1-3-20-5-7-23(18-28)8-6-20/h5-8,17,21-22,24-25H,1-4,9-16H2/t21-,22-,24-,25-. The average molecular weight is 393 g/mol. The highest BCUT2D eigenvalue weighted by Crippen LogP contribution is 2.42. The van der Waals surface area contributed by atoms with E-state index in [0.717, 1.165) is 42.6 Å². The van der Waals surface area contributed by atoms with E-state index in [9.17, 15) is 4.39 Å². The number of unbranched alkanes of at least 4 members (excludes halogenated alkanes) is 1. The van der Waals surface area contributed by atoms with Gasteiger partial charge in [-0.25, -0.2) is 0 Å². The van der Waals surface area contributed by atoms with Gasteiger partial charge in [0, 0.05) is 0 Å². The van der Waals surface area contributed by atoms with Gasteiger partial charge in [0.25, 0.3) is 0 Å². The van der Waals surface area contributed by atoms with Gasteiger partial charge in [0.15, 0.2) is 5.83 Å². The van der Waals surface area contributed by atoms with E-state index in [1.165, 1.54) is 63.4 Å². The summed E-state index contributed by atoms with van der Waals surface area (Å²) < 4.78 is 13.2. The minimum atomic E-state index is -0.604. The first-order valence-corrected chi connectivity index (χ1v) is 11.4. The molecule has 0 N–H and O–H groups in total. The van der Waals surface area contributed by atoms with Crippen LogP contribution in [-0.2, 0) is 6.42 Å². The SMILES string of the molecule is N#CC(F)=C[C@H]1CC[C@H]([C@H]2CC[C@H](CCCCc3ccc(C#N)cc3)CC2)CC1. The molecule has 2 saturated carbocycles. The van der Waals surface area contributed by atoms with Crippen molar-refractivity contribution in [2.75, 3.05) is 0 Å². The summed E-state index contributed by atoms with van der Waals surface area (Å²) in [5, 5.41) is 17.5. The lowest BCUT2D eigenvalue weighted by Gasteiger charge is -2.37. The summed E-state index contributed by atoms with van der Waals surface area (Å²) >= 11 is 0. The van der Waals surface area contributed by atoms with Gasteiger partial charge >= 0.3 is 0 Å². The van der Waals surface area contributed by atoms with Gasteiger partial charge in [0.1, 0.15) is 6.07 Å². The number of rotatable bonds is 7. The van der Waals surface area contributed by atoms with Crippen molar-refractivity contribution in [3.8, 4) is 12.1 Å². The van der Waals surface area contributed by atoms with Crippen LogP contribution in [0.2, 0.25) is 0 Å². The highest BCUT2D eigenvalue weighted by molar-refractivity contribution is 5.31. The Morgan fingerprint density at radius 3 is 2.10 bits per heavy atom. The van der Waals surface area contributed by atoms with E-state index in [4.69, 9.17) is 10.5 Å². The van der Waals surface area contributed by atoms with Crippen LogP contribution < -0.4 is 0 Å². The number of nitrogens with zero attached hydrogens (tertiary/aromatic N) is 2. The molecule has 1 aromatic rings. The van der Waals surface area contributed by atoms with E-state index in [-0.39, 0.29) is 5.92 Å². The molecule has 0 radical (unpaired) electrons. The molecule has 3 rings (SSSR count). The Morgan fingerprint density at radius 2 is 1.52 bits per heavy atom. The third-order valence-electron chi connectivity index (χ3n) is 7.27. The van der Waals surface area contributed by atoms with Crippen molar-refractivity contribution >= 4 is 0 Å². The van der Waals surface area contributed by atoms with Gasteiger partial charge in [-0.2, -0.15) is 14.9 Å². The van der Waals surface area contributed by atoms with Crippen LogP contribution in [-0.4, -0.2) is 0 Å². The molecule has 3 heteroatoms. The summed E-state index contributed by atoms with van der Waals surface area (Å²) in [6.45, 7) is 0. The van der Waals surface area contributed by atoms with Crippen LogP contribution in [0.15, 0.2) is 36.2 Å². The molecule has 0 atom stereocenters. The van der Waals surface area contributed by atoms with Crippen LogP contribution in [0, 0.1) is 46.3 Å². The van der Waals surface area contributed by atoms with Gasteiger partial charge in [0.2, 0.25) is 0 Å². The molecule has 154 valence electrons. The lowest BCUT2D eigenvalue weighted by atomic mass is 9.68. The molecule has 0 bridgehead atoms. The molecular formula is C26H33FN2. The topological polar surface area (TPSA) is 47.6 Å². The van der Waals surface area contributed by atoms with Crippen LogP contribution in [0.3, 0.4) is 0 Å². The molecule has 0 saturated heterocycles. The summed E-state index contributed by atoms with van der Waals surface area (Å²) in [4.78, 5) is 0. The Bertz CT molecular complexity index is 736. The van der Waals surface area contributed by atoms with E-state index in [0.29, 0.717) is 0 Å². The third kappa shape index (κ3) is 6.71. The summed E-state index contributed by atoms with van der Waals surface area (Å²) in [5.74, 6) is 2.26. The monoisotopic (exact) mass is 392 g/mol. The largest absolute Gasteiger partial charge is 0.196 e. The summed E-state index contributed by atoms with van der Waals surface area (Å²) in [6.07, 6.45) is 16.6. The minimum absolute atomic E-state index is 0.276. The van der Waals surface area contributed by atoms with Gasteiger partial charge in [0.05, 0.1) is 11.6 Å². The highest BCUT2D eigenvalue weighted by atomic mass is 19.1. The van der Waals surface area contributed by atoms with E-state index >= 15 is 0 Å². The number of hydrogen-bond acceptors (Lipinski definition) is 2. The van der Waals surface area contributed by atoms with Gasteiger partial charge in [-0.05, 0) is 98.8 Å². The molecule has 2 aliphatic rings. The van der Waals surface area contributed by atoms with Crippen molar-refractivity contribution < 1.29 is 4.39 Å². The first kappa shape index (κ1) is 21.6. The van der Waals surface area contributed by atoms with E-state index < -0.39 is 5.83 Å². The Balaban J connectivity index is 1.30. The molecule has 1 aromatic carbocycles. The van der Waals surface area contributed by atoms with Crippen molar-refractivity contribution in [2.45, 2.75) is 77.0 Å². The second-order valence-corrected chi connectivity index (χ2v) is 9.14. The molecule has 2 nitrogen and oxygen atoms in total. The number of benzene rings is 1. The third-order valence-corrected chi connectivity index (χ3v) is 7.27. The molecule has 2 aliphatic carbocycles. The Kier molecular flexibility index (Phi) is 8.30. The van der Waals surface area contributed by atoms with Crippen LogP contribution >= 0.6 is 0 Å². The van der Waals surface area contributed by atoms with Crippen molar-refractivity contribution in [1.82, 2.24) is 0 Å². The Morgan fingerprint density at radius 1 is 0.897 bits per heavy atom. The quantitative estimate of drug-likeness (QED) is 0.362. The fraction of sp³-hybridized carbons (Fsp3) is 0.615. The predicted molar refractivity (Wildman–Crippen MR) is 114 cm³/mol. The summed E-state index contributed by atoms with van der Waals surface area (Å²) in [7, 11) is 0. The second kappa shape index (κ2) is 11.2. The molecule has 0 heterocycles. The lowest BCUT2D eigenvalue weighted by molar-refractivity contribution is 0.151. The minimum Gasteiger partial charge on any atom is -0.195 e. The van der Waals surface area contributed by atoms with E-state index in [1.807, 2.05) is 12.1 Å². The Labute approximate surface area is 175 Å². The number of hydrogen-bond donors (Lipinski definition) is 0. The van der Waals surface area contributed by atoms with Crippen LogP contribution in [0.1, 0.15) is 81.8 Å². The van der Waals surface area contributed by atoms with Crippen LogP contribution in [0.4, 0.5) is 4.39 Å². The number of nitriles is 2. The van der Waals surface area contributed by atoms with Crippen LogP contribution in [0.25, 0.3) is 0 Å². The second-order valence-electron chi connectivity index (χ2n) is 9.14. The number of aryl methyl sites for hydroxylation is 1. The molecule has 0 amide bonds. The Hall–Kier alpha value is -2.13. The lowest BCUT2D eigenvalue weighted by Crippen LogP contribution is -2.25. The van der Waals surface area contributed by atoms with Crippen LogP contribution in [0.5, 0.6) is 0 Å². The van der Waals surface area contributed by atoms with Gasteiger partial charge < -0.3 is 0 Å².